The molecule has 0 saturated heterocycles. The zero-order chi connectivity index (χ0) is 15.6. The lowest BCUT2D eigenvalue weighted by Crippen LogP contribution is -2.37. The van der Waals surface area contributed by atoms with Gasteiger partial charge < -0.3 is 10.7 Å². The van der Waals surface area contributed by atoms with Crippen molar-refractivity contribution in [2.45, 2.75) is 27.3 Å². The Morgan fingerprint density at radius 2 is 2.10 bits per heavy atom. The highest BCUT2D eigenvalue weighted by Gasteiger charge is 2.18. The largest absolute Gasteiger partial charge is 0.330 e. The molecule has 5 nitrogen and oxygen atoms in total. The maximum Gasteiger partial charge on any atom is 0.258 e. The van der Waals surface area contributed by atoms with Crippen LogP contribution in [0.25, 0.3) is 10.9 Å². The van der Waals surface area contributed by atoms with Gasteiger partial charge in [-0.2, -0.15) is 0 Å². The van der Waals surface area contributed by atoms with E-state index < -0.39 is 0 Å². The summed E-state index contributed by atoms with van der Waals surface area (Å²) in [5.74, 6) is 0.692. The number of nitrogens with zero attached hydrogens (tertiary/aromatic N) is 2. The molecule has 2 rings (SSSR count). The van der Waals surface area contributed by atoms with Crippen LogP contribution in [0.15, 0.2) is 23.0 Å². The lowest BCUT2D eigenvalue weighted by Gasteiger charge is -2.28. The highest BCUT2D eigenvalue weighted by atomic mass is 16.1. The Hall–Kier alpha value is -1.72. The number of hydrogen-bond donors (Lipinski definition) is 2. The number of benzene rings is 1. The summed E-state index contributed by atoms with van der Waals surface area (Å²) in [6, 6.07) is 5.66. The molecule has 0 saturated carbocycles. The van der Waals surface area contributed by atoms with Crippen LogP contribution in [0.4, 0.5) is 0 Å². The SMILES string of the molecule is Cc1cccc2c(=O)[nH]c(CN(C)CC(C)(C)CN)nc12. The zero-order valence-electron chi connectivity index (χ0n) is 13.2. The molecular formula is C16H24N4O. The third-order valence-corrected chi connectivity index (χ3v) is 3.66. The van der Waals surface area contributed by atoms with Crippen LogP contribution in [-0.2, 0) is 6.54 Å². The fourth-order valence-corrected chi connectivity index (χ4v) is 2.53. The molecule has 3 N–H and O–H groups in total. The smallest absolute Gasteiger partial charge is 0.258 e. The van der Waals surface area contributed by atoms with Gasteiger partial charge in [0.25, 0.3) is 5.56 Å². The van der Waals surface area contributed by atoms with Gasteiger partial charge in [0.1, 0.15) is 5.82 Å². The molecule has 114 valence electrons. The van der Waals surface area contributed by atoms with Crippen LogP contribution in [0.5, 0.6) is 0 Å². The Morgan fingerprint density at radius 3 is 2.76 bits per heavy atom. The highest BCUT2D eigenvalue weighted by Crippen LogP contribution is 2.16. The van der Waals surface area contributed by atoms with E-state index in [4.69, 9.17) is 5.73 Å². The first-order valence-corrected chi connectivity index (χ1v) is 7.19. The van der Waals surface area contributed by atoms with Gasteiger partial charge in [0, 0.05) is 6.54 Å². The molecule has 1 heterocycles. The number of H-pyrrole nitrogens is 1. The fraction of sp³-hybridized carbons (Fsp3) is 0.500. The molecular weight excluding hydrogens is 264 g/mol. The van der Waals surface area contributed by atoms with Gasteiger partial charge in [-0.1, -0.05) is 26.0 Å². The Labute approximate surface area is 125 Å². The molecule has 0 atom stereocenters. The number of fused-ring (bicyclic) bond motifs is 1. The van der Waals surface area contributed by atoms with Crippen LogP contribution >= 0.6 is 0 Å². The summed E-state index contributed by atoms with van der Waals surface area (Å²) < 4.78 is 0. The minimum atomic E-state index is -0.0785. The van der Waals surface area contributed by atoms with Crippen molar-refractivity contribution in [3.8, 4) is 0 Å². The molecule has 5 heteroatoms. The molecule has 2 aromatic rings. The molecule has 0 bridgehead atoms. The van der Waals surface area contributed by atoms with Crippen molar-refractivity contribution in [3.63, 3.8) is 0 Å². The van der Waals surface area contributed by atoms with Crippen molar-refractivity contribution < 1.29 is 0 Å². The molecule has 0 fully saturated rings. The molecule has 0 amide bonds. The third-order valence-electron chi connectivity index (χ3n) is 3.66. The summed E-state index contributed by atoms with van der Waals surface area (Å²) in [5, 5.41) is 0.642. The van der Waals surface area contributed by atoms with Gasteiger partial charge in [0.2, 0.25) is 0 Å². The normalized spacial score (nSPS) is 12.3. The third kappa shape index (κ3) is 3.68. The maximum absolute atomic E-state index is 12.1. The second kappa shape index (κ2) is 5.95. The molecule has 0 aliphatic heterocycles. The number of hydrogen-bond acceptors (Lipinski definition) is 4. The van der Waals surface area contributed by atoms with Crippen molar-refractivity contribution in [2.24, 2.45) is 11.1 Å². The number of nitrogens with two attached hydrogens (primary N) is 1. The minimum Gasteiger partial charge on any atom is -0.330 e. The van der Waals surface area contributed by atoms with E-state index in [1.807, 2.05) is 26.1 Å². The molecule has 0 aliphatic carbocycles. The maximum atomic E-state index is 12.1. The first-order valence-electron chi connectivity index (χ1n) is 7.19. The van der Waals surface area contributed by atoms with E-state index in [0.29, 0.717) is 24.3 Å². The van der Waals surface area contributed by atoms with Crippen LogP contribution in [0, 0.1) is 12.3 Å². The summed E-state index contributed by atoms with van der Waals surface area (Å²) in [6.45, 7) is 8.30. The van der Waals surface area contributed by atoms with E-state index in [1.54, 1.807) is 6.07 Å². The van der Waals surface area contributed by atoms with Crippen LogP contribution < -0.4 is 11.3 Å². The van der Waals surface area contributed by atoms with Gasteiger partial charge in [0.05, 0.1) is 17.4 Å². The Kier molecular flexibility index (Phi) is 4.44. The quantitative estimate of drug-likeness (QED) is 0.877. The van der Waals surface area contributed by atoms with E-state index in [2.05, 4.69) is 28.7 Å². The van der Waals surface area contributed by atoms with Gasteiger partial charge in [-0.05, 0) is 37.6 Å². The van der Waals surface area contributed by atoms with Gasteiger partial charge in [-0.3, -0.25) is 9.69 Å². The first-order chi connectivity index (χ1) is 9.82. The molecule has 1 aromatic heterocycles. The van der Waals surface area contributed by atoms with E-state index in [0.717, 1.165) is 17.6 Å². The number of rotatable bonds is 5. The second-order valence-corrected chi connectivity index (χ2v) is 6.52. The van der Waals surface area contributed by atoms with Crippen molar-refractivity contribution >= 4 is 10.9 Å². The van der Waals surface area contributed by atoms with E-state index in [9.17, 15) is 4.79 Å². The van der Waals surface area contributed by atoms with Crippen LogP contribution in [0.3, 0.4) is 0 Å². The number of para-hydroxylation sites is 1. The number of aromatic nitrogens is 2. The fourth-order valence-electron chi connectivity index (χ4n) is 2.53. The standard InChI is InChI=1S/C16H24N4O/c1-11-6-5-7-12-14(11)18-13(19-15(12)21)8-20(4)10-16(2,3)9-17/h5-7H,8-10,17H2,1-4H3,(H,18,19,21). The average Bonchev–Trinajstić information content (AvgIpc) is 2.39. The van der Waals surface area contributed by atoms with Crippen molar-refractivity contribution in [1.29, 1.82) is 0 Å². The van der Waals surface area contributed by atoms with Gasteiger partial charge in [-0.15, -0.1) is 0 Å². The molecule has 0 aliphatic rings. The molecule has 0 spiro atoms. The van der Waals surface area contributed by atoms with Crippen LogP contribution in [0.2, 0.25) is 0 Å². The van der Waals surface area contributed by atoms with Gasteiger partial charge in [0.15, 0.2) is 0 Å². The van der Waals surface area contributed by atoms with E-state index in [-0.39, 0.29) is 11.0 Å². The molecule has 0 unspecified atom stereocenters. The summed E-state index contributed by atoms with van der Waals surface area (Å²) in [5.41, 5.74) is 7.53. The lowest BCUT2D eigenvalue weighted by atomic mass is 9.93. The molecule has 0 radical (unpaired) electrons. The predicted molar refractivity (Wildman–Crippen MR) is 86.3 cm³/mol. The summed E-state index contributed by atoms with van der Waals surface area (Å²) >= 11 is 0. The van der Waals surface area contributed by atoms with Crippen LogP contribution in [0.1, 0.15) is 25.2 Å². The Bertz CT molecular complexity index is 690. The number of nitrogens with one attached hydrogen (secondary N) is 1. The average molecular weight is 288 g/mol. The monoisotopic (exact) mass is 288 g/mol. The Balaban J connectivity index is 2.27. The summed E-state index contributed by atoms with van der Waals surface area (Å²) in [6.07, 6.45) is 0. The first kappa shape index (κ1) is 15.7. The lowest BCUT2D eigenvalue weighted by molar-refractivity contribution is 0.206. The van der Waals surface area contributed by atoms with E-state index in [1.165, 1.54) is 0 Å². The predicted octanol–water partition coefficient (Wildman–Crippen LogP) is 1.65. The number of aromatic amines is 1. The second-order valence-electron chi connectivity index (χ2n) is 6.52. The zero-order valence-corrected chi connectivity index (χ0v) is 13.2. The van der Waals surface area contributed by atoms with E-state index >= 15 is 0 Å². The van der Waals surface area contributed by atoms with Crippen molar-refractivity contribution in [3.05, 3.63) is 39.9 Å². The Morgan fingerprint density at radius 1 is 1.38 bits per heavy atom. The summed E-state index contributed by atoms with van der Waals surface area (Å²) in [7, 11) is 2.01. The molecule has 1 aromatic carbocycles. The summed E-state index contributed by atoms with van der Waals surface area (Å²) in [4.78, 5) is 21.8. The number of aryl methyl sites for hydroxylation is 1. The van der Waals surface area contributed by atoms with Crippen molar-refractivity contribution in [2.75, 3.05) is 20.1 Å². The topological polar surface area (TPSA) is 75.0 Å². The van der Waals surface area contributed by atoms with Gasteiger partial charge >= 0.3 is 0 Å². The van der Waals surface area contributed by atoms with Crippen LogP contribution in [-0.4, -0.2) is 35.0 Å². The minimum absolute atomic E-state index is 0.0435. The van der Waals surface area contributed by atoms with Crippen molar-refractivity contribution in [1.82, 2.24) is 14.9 Å². The highest BCUT2D eigenvalue weighted by molar-refractivity contribution is 5.80. The molecule has 21 heavy (non-hydrogen) atoms. The van der Waals surface area contributed by atoms with Gasteiger partial charge in [-0.25, -0.2) is 4.98 Å².